The number of hydrogen-bond acceptors (Lipinski definition) is 5. The maximum atomic E-state index is 11.9. The highest BCUT2D eigenvalue weighted by molar-refractivity contribution is 7.90. The van der Waals surface area contributed by atoms with Gasteiger partial charge in [-0.2, -0.15) is 0 Å². The summed E-state index contributed by atoms with van der Waals surface area (Å²) in [5.41, 5.74) is 3.45. The van der Waals surface area contributed by atoms with Crippen LogP contribution >= 0.6 is 0 Å². The van der Waals surface area contributed by atoms with Gasteiger partial charge in [-0.25, -0.2) is 13.4 Å². The van der Waals surface area contributed by atoms with Gasteiger partial charge in [-0.3, -0.25) is 0 Å². The van der Waals surface area contributed by atoms with E-state index in [1.165, 1.54) is 6.26 Å². The van der Waals surface area contributed by atoms with Crippen molar-refractivity contribution in [3.05, 3.63) is 102 Å². The lowest BCUT2D eigenvalue weighted by Crippen LogP contribution is -2.05. The van der Waals surface area contributed by atoms with Gasteiger partial charge in [-0.1, -0.05) is 48.5 Å². The van der Waals surface area contributed by atoms with Crippen LogP contribution in [0.5, 0.6) is 5.75 Å². The molecule has 0 saturated carbocycles. The Bertz CT molecular complexity index is 1230. The Morgan fingerprint density at radius 2 is 1.60 bits per heavy atom. The van der Waals surface area contributed by atoms with E-state index in [1.54, 1.807) is 30.5 Å². The molecule has 0 fully saturated rings. The third-order valence-electron chi connectivity index (χ3n) is 4.67. The second kappa shape index (κ2) is 8.55. The Morgan fingerprint density at radius 1 is 0.900 bits per heavy atom. The molecule has 1 heterocycles. The maximum absolute atomic E-state index is 11.9. The predicted molar refractivity (Wildman–Crippen MR) is 115 cm³/mol. The summed E-state index contributed by atoms with van der Waals surface area (Å²) >= 11 is 0. The van der Waals surface area contributed by atoms with E-state index in [4.69, 9.17) is 9.15 Å². The van der Waals surface area contributed by atoms with Crippen molar-refractivity contribution in [1.29, 1.82) is 0 Å². The molecule has 1 aromatic heterocycles. The lowest BCUT2D eigenvalue weighted by atomic mass is 10.1. The van der Waals surface area contributed by atoms with Crippen molar-refractivity contribution in [3.63, 3.8) is 0 Å². The minimum atomic E-state index is -3.30. The van der Waals surface area contributed by atoms with E-state index in [0.717, 1.165) is 16.8 Å². The summed E-state index contributed by atoms with van der Waals surface area (Å²) in [6, 6.07) is 24.4. The quantitative estimate of drug-likeness (QED) is 0.425. The second-order valence-corrected chi connectivity index (χ2v) is 8.97. The summed E-state index contributed by atoms with van der Waals surface area (Å²) in [6.45, 7) is 0.174. The van der Waals surface area contributed by atoms with Gasteiger partial charge < -0.3 is 9.15 Å². The van der Waals surface area contributed by atoms with Crippen LogP contribution in [0.2, 0.25) is 0 Å². The molecule has 0 spiro atoms. The van der Waals surface area contributed by atoms with Gasteiger partial charge in [-0.15, -0.1) is 0 Å². The Hall–Kier alpha value is -3.38. The van der Waals surface area contributed by atoms with Crippen molar-refractivity contribution in [2.24, 2.45) is 0 Å². The Kier molecular flexibility index (Phi) is 5.68. The summed E-state index contributed by atoms with van der Waals surface area (Å²) in [4.78, 5) is 4.85. The molecule has 4 rings (SSSR count). The van der Waals surface area contributed by atoms with Gasteiger partial charge in [0.05, 0.1) is 4.90 Å². The fraction of sp³-hybridized carbons (Fsp3) is 0.125. The number of sulfone groups is 1. The molecule has 0 aliphatic heterocycles. The normalized spacial score (nSPS) is 11.4. The van der Waals surface area contributed by atoms with Crippen molar-refractivity contribution in [1.82, 2.24) is 4.98 Å². The first-order chi connectivity index (χ1) is 14.5. The molecule has 4 aromatic rings. The van der Waals surface area contributed by atoms with Crippen LogP contribution < -0.4 is 4.74 Å². The van der Waals surface area contributed by atoms with Crippen LogP contribution in [0.4, 0.5) is 0 Å². The molecule has 0 N–H and O–H groups in total. The monoisotopic (exact) mass is 419 g/mol. The van der Waals surface area contributed by atoms with Gasteiger partial charge in [0.15, 0.2) is 15.7 Å². The second-order valence-electron chi connectivity index (χ2n) is 6.98. The van der Waals surface area contributed by atoms with Gasteiger partial charge in [-0.05, 0) is 35.9 Å². The Balaban J connectivity index is 1.43. The molecule has 0 atom stereocenters. The third kappa shape index (κ3) is 4.78. The van der Waals surface area contributed by atoms with E-state index in [-0.39, 0.29) is 11.5 Å². The van der Waals surface area contributed by atoms with Gasteiger partial charge in [0.25, 0.3) is 0 Å². The first kappa shape index (κ1) is 19.9. The summed E-state index contributed by atoms with van der Waals surface area (Å²) in [6.07, 6.45) is 3.49. The minimum Gasteiger partial charge on any atom is -0.489 e. The van der Waals surface area contributed by atoms with Crippen LogP contribution in [-0.2, 0) is 22.9 Å². The van der Waals surface area contributed by atoms with Crippen LogP contribution in [0.1, 0.15) is 17.0 Å². The molecule has 0 aliphatic rings. The molecule has 0 bridgehead atoms. The molecule has 0 unspecified atom stereocenters. The standard InChI is InChI=1S/C24H21NO4S/c1-30(26,27)23-10-6-5-9-20(23)16-28-21-13-11-19(12-14-21)22-17-29-24(25-22)15-18-7-3-2-4-8-18/h2-14,17H,15-16H2,1H3. The van der Waals surface area contributed by atoms with Crippen molar-refractivity contribution in [2.45, 2.75) is 17.9 Å². The van der Waals surface area contributed by atoms with Crippen molar-refractivity contribution in [3.8, 4) is 17.0 Å². The molecule has 6 heteroatoms. The predicted octanol–water partition coefficient (Wildman–Crippen LogP) is 4.91. The molecule has 0 radical (unpaired) electrons. The smallest absolute Gasteiger partial charge is 0.198 e. The Morgan fingerprint density at radius 3 is 2.33 bits per heavy atom. The highest BCUT2D eigenvalue weighted by atomic mass is 32.2. The molecular formula is C24H21NO4S. The highest BCUT2D eigenvalue weighted by Gasteiger charge is 2.13. The molecular weight excluding hydrogens is 398 g/mol. The SMILES string of the molecule is CS(=O)(=O)c1ccccc1COc1ccc(-c2coc(Cc3ccccc3)n2)cc1. The number of ether oxygens (including phenoxy) is 1. The van der Waals surface area contributed by atoms with Crippen molar-refractivity contribution < 1.29 is 17.6 Å². The molecule has 30 heavy (non-hydrogen) atoms. The summed E-state index contributed by atoms with van der Waals surface area (Å²) in [7, 11) is -3.30. The fourth-order valence-electron chi connectivity index (χ4n) is 3.16. The molecule has 5 nitrogen and oxygen atoms in total. The van der Waals surface area contributed by atoms with Gasteiger partial charge in [0, 0.05) is 23.8 Å². The number of hydrogen-bond donors (Lipinski definition) is 0. The zero-order chi connectivity index (χ0) is 21.0. The van der Waals surface area contributed by atoms with E-state index < -0.39 is 9.84 Å². The zero-order valence-corrected chi connectivity index (χ0v) is 17.3. The number of rotatable bonds is 7. The lowest BCUT2D eigenvalue weighted by molar-refractivity contribution is 0.303. The van der Waals surface area contributed by atoms with Crippen LogP contribution in [-0.4, -0.2) is 19.7 Å². The van der Waals surface area contributed by atoms with E-state index >= 15 is 0 Å². The van der Waals surface area contributed by atoms with Crippen LogP contribution in [0.3, 0.4) is 0 Å². The largest absolute Gasteiger partial charge is 0.489 e. The molecule has 0 saturated heterocycles. The topological polar surface area (TPSA) is 69.4 Å². The minimum absolute atomic E-state index is 0.174. The lowest BCUT2D eigenvalue weighted by Gasteiger charge is -2.10. The van der Waals surface area contributed by atoms with E-state index in [1.807, 2.05) is 54.6 Å². The van der Waals surface area contributed by atoms with E-state index in [9.17, 15) is 8.42 Å². The first-order valence-corrected chi connectivity index (χ1v) is 11.4. The molecule has 0 aliphatic carbocycles. The summed E-state index contributed by atoms with van der Waals surface area (Å²) < 4.78 is 35.2. The van der Waals surface area contributed by atoms with Crippen molar-refractivity contribution >= 4 is 9.84 Å². The summed E-state index contributed by atoms with van der Waals surface area (Å²) in [5.74, 6) is 1.31. The summed E-state index contributed by atoms with van der Waals surface area (Å²) in [5, 5.41) is 0. The molecule has 152 valence electrons. The molecule has 0 amide bonds. The third-order valence-corrected chi connectivity index (χ3v) is 5.86. The maximum Gasteiger partial charge on any atom is 0.198 e. The van der Waals surface area contributed by atoms with Gasteiger partial charge in [0.1, 0.15) is 24.3 Å². The molecule has 3 aromatic carbocycles. The van der Waals surface area contributed by atoms with Gasteiger partial charge in [0.2, 0.25) is 0 Å². The number of benzene rings is 3. The highest BCUT2D eigenvalue weighted by Crippen LogP contribution is 2.24. The number of oxazole rings is 1. The zero-order valence-electron chi connectivity index (χ0n) is 16.5. The average molecular weight is 420 g/mol. The number of aromatic nitrogens is 1. The fourth-order valence-corrected chi connectivity index (χ4v) is 4.09. The van der Waals surface area contributed by atoms with Crippen LogP contribution in [0.15, 0.2) is 94.4 Å². The number of nitrogens with zero attached hydrogens (tertiary/aromatic N) is 1. The van der Waals surface area contributed by atoms with Crippen molar-refractivity contribution in [2.75, 3.05) is 6.26 Å². The van der Waals surface area contributed by atoms with E-state index in [0.29, 0.717) is 23.6 Å². The van der Waals surface area contributed by atoms with E-state index in [2.05, 4.69) is 4.98 Å². The Labute approximate surface area is 175 Å². The first-order valence-electron chi connectivity index (χ1n) is 9.48. The van der Waals surface area contributed by atoms with Crippen LogP contribution in [0, 0.1) is 0 Å². The average Bonchev–Trinajstić information content (AvgIpc) is 3.21. The van der Waals surface area contributed by atoms with Crippen LogP contribution in [0.25, 0.3) is 11.3 Å². The van der Waals surface area contributed by atoms with Gasteiger partial charge >= 0.3 is 0 Å².